The van der Waals surface area contributed by atoms with E-state index in [0.717, 1.165) is 0 Å². The molecule has 240 valence electrons. The Morgan fingerprint density at radius 2 is 1.67 bits per heavy atom. The van der Waals surface area contributed by atoms with Gasteiger partial charge in [-0.25, -0.2) is 4.79 Å². The van der Waals surface area contributed by atoms with Gasteiger partial charge in [0.2, 0.25) is 23.5 Å². The molecule has 2 fully saturated rings. The molecule has 12 heteroatoms. The van der Waals surface area contributed by atoms with E-state index in [4.69, 9.17) is 0 Å². The van der Waals surface area contributed by atoms with Gasteiger partial charge < -0.3 is 31.1 Å². The number of urea groups is 1. The average molecular weight is 603 g/mol. The molecule has 1 saturated heterocycles. The number of nitrogens with one attached hydrogen (secondary N) is 4. The lowest BCUT2D eigenvalue weighted by molar-refractivity contribution is -0.145. The number of nitrogens with zero attached hydrogens (tertiary/aromatic N) is 2. The maximum absolute atomic E-state index is 14.1. The third-order valence-electron chi connectivity index (χ3n) is 8.45. The Labute approximate surface area is 255 Å². The van der Waals surface area contributed by atoms with Crippen LogP contribution in [0.5, 0.6) is 0 Å². The minimum atomic E-state index is -1.05. The Bertz CT molecular complexity index is 1160. The fourth-order valence-corrected chi connectivity index (χ4v) is 5.81. The van der Waals surface area contributed by atoms with Gasteiger partial charge in [-0.1, -0.05) is 60.6 Å². The minimum Gasteiger partial charge on any atom is -0.347 e. The average Bonchev–Trinajstić information content (AvgIpc) is 3.23. The number of likely N-dealkylation sites (N-methyl/N-ethyl adjacent to an activating group) is 1. The first-order valence-electron chi connectivity index (χ1n) is 14.8. The predicted molar refractivity (Wildman–Crippen MR) is 164 cm³/mol. The highest BCUT2D eigenvalue weighted by molar-refractivity contribution is 6.38. The van der Waals surface area contributed by atoms with Crippen molar-refractivity contribution in [3.8, 4) is 0 Å². The van der Waals surface area contributed by atoms with Crippen LogP contribution in [0, 0.1) is 22.7 Å². The van der Waals surface area contributed by atoms with E-state index in [1.807, 2.05) is 20.8 Å². The fourth-order valence-electron chi connectivity index (χ4n) is 5.81. The first kappa shape index (κ1) is 35.5. The number of carbonyl (C=O) groups excluding carboxylic acids is 6. The summed E-state index contributed by atoms with van der Waals surface area (Å²) in [6.07, 6.45) is 2.25. The molecule has 6 amide bonds. The highest BCUT2D eigenvalue weighted by Crippen LogP contribution is 2.65. The summed E-state index contributed by atoms with van der Waals surface area (Å²) in [5.74, 6) is -2.98. The van der Waals surface area contributed by atoms with Crippen LogP contribution in [0.3, 0.4) is 0 Å². The van der Waals surface area contributed by atoms with Crippen LogP contribution in [0.15, 0.2) is 24.8 Å². The molecule has 1 heterocycles. The van der Waals surface area contributed by atoms with Gasteiger partial charge >= 0.3 is 6.03 Å². The van der Waals surface area contributed by atoms with Crippen molar-refractivity contribution in [1.29, 1.82) is 0 Å². The molecule has 4 N–H and O–H groups in total. The second kappa shape index (κ2) is 13.7. The van der Waals surface area contributed by atoms with Crippen LogP contribution in [0.2, 0.25) is 0 Å². The van der Waals surface area contributed by atoms with Gasteiger partial charge in [0.15, 0.2) is 0 Å². The highest BCUT2D eigenvalue weighted by atomic mass is 16.2. The third kappa shape index (κ3) is 8.03. The second-order valence-corrected chi connectivity index (χ2v) is 13.5. The Morgan fingerprint density at radius 1 is 1.07 bits per heavy atom. The zero-order valence-corrected chi connectivity index (χ0v) is 27.1. The lowest BCUT2D eigenvalue weighted by Crippen LogP contribution is -2.62. The van der Waals surface area contributed by atoms with Crippen LogP contribution < -0.4 is 21.3 Å². The van der Waals surface area contributed by atoms with Crippen LogP contribution in [0.1, 0.15) is 61.3 Å². The molecule has 6 atom stereocenters. The molecule has 43 heavy (non-hydrogen) atoms. The Kier molecular flexibility index (Phi) is 11.3. The van der Waals surface area contributed by atoms with Gasteiger partial charge in [0.25, 0.3) is 5.91 Å². The maximum Gasteiger partial charge on any atom is 0.316 e. The summed E-state index contributed by atoms with van der Waals surface area (Å²) in [6.45, 7) is 20.7. The molecule has 1 aliphatic carbocycles. The zero-order chi connectivity index (χ0) is 33.0. The molecule has 0 aromatic rings. The van der Waals surface area contributed by atoms with E-state index in [2.05, 4.69) is 34.4 Å². The van der Waals surface area contributed by atoms with Gasteiger partial charge in [0, 0.05) is 27.2 Å². The number of hydrogen-bond acceptors (Lipinski definition) is 6. The summed E-state index contributed by atoms with van der Waals surface area (Å²) in [6, 6.07) is -4.68. The van der Waals surface area contributed by atoms with E-state index in [-0.39, 0.29) is 36.1 Å². The summed E-state index contributed by atoms with van der Waals surface area (Å²) in [7, 11) is 3.13. The standard InChI is InChI=1S/C31H50N6O6/c1-12-14-19(23(38)26(40)32-15-13-2)33-25(39)22-20-18(31(20,8)9)16-37(22)28(42)24(30(5,6)7)35-29(43)34-21(17(3)4)27(41)36(10)11/h13,18-22,24H,2-3,12,14-16H2,1,4-11H3,(H,32,40)(H,33,39)(H2,34,35,43)/t18-,19?,20-,21-,22-,24+/m0/s1. The van der Waals surface area contributed by atoms with Gasteiger partial charge in [-0.2, -0.15) is 0 Å². The third-order valence-corrected chi connectivity index (χ3v) is 8.45. The van der Waals surface area contributed by atoms with Crippen molar-refractivity contribution in [2.24, 2.45) is 22.7 Å². The minimum absolute atomic E-state index is 0.0587. The topological polar surface area (TPSA) is 157 Å². The van der Waals surface area contributed by atoms with Gasteiger partial charge in [0.1, 0.15) is 18.1 Å². The smallest absolute Gasteiger partial charge is 0.316 e. The zero-order valence-electron chi connectivity index (χ0n) is 27.1. The van der Waals surface area contributed by atoms with Crippen molar-refractivity contribution in [2.45, 2.75) is 85.5 Å². The summed E-state index contributed by atoms with van der Waals surface area (Å²) >= 11 is 0. The summed E-state index contributed by atoms with van der Waals surface area (Å²) in [4.78, 5) is 81.7. The molecule has 1 aliphatic heterocycles. The van der Waals surface area contributed by atoms with Gasteiger partial charge in [-0.05, 0) is 41.6 Å². The number of rotatable bonds is 13. The van der Waals surface area contributed by atoms with Gasteiger partial charge in [-0.3, -0.25) is 24.0 Å². The van der Waals surface area contributed by atoms with Crippen molar-refractivity contribution in [3.05, 3.63) is 24.8 Å². The number of fused-ring (bicyclic) bond motifs is 1. The van der Waals surface area contributed by atoms with Crippen LogP contribution >= 0.6 is 0 Å². The van der Waals surface area contributed by atoms with E-state index in [1.165, 1.54) is 15.9 Å². The number of piperidine rings is 1. The SMILES string of the molecule is C=CCNC(=O)C(=O)C(CCC)NC(=O)[C@@H]1[C@@H]2[C@H](CN1C(=O)[C@@H](NC(=O)N[C@@H](C(=C)C)C(=O)N(C)C)C(C)(C)C)C2(C)C. The van der Waals surface area contributed by atoms with E-state index < -0.39 is 59.1 Å². The van der Waals surface area contributed by atoms with Crippen LogP contribution in [-0.4, -0.2) is 96.6 Å². The lowest BCUT2D eigenvalue weighted by atomic mass is 9.85. The largest absolute Gasteiger partial charge is 0.347 e. The summed E-state index contributed by atoms with van der Waals surface area (Å²) < 4.78 is 0. The van der Waals surface area contributed by atoms with Gasteiger partial charge in [-0.15, -0.1) is 6.58 Å². The number of hydrogen-bond donors (Lipinski definition) is 4. The Balaban J connectivity index is 2.32. The van der Waals surface area contributed by atoms with E-state index in [1.54, 1.807) is 41.8 Å². The first-order valence-corrected chi connectivity index (χ1v) is 14.8. The number of Topliss-reactive ketones (excluding diaryl/α,β-unsaturated/α-hetero) is 1. The summed E-state index contributed by atoms with van der Waals surface area (Å²) in [5.41, 5.74) is -0.528. The van der Waals surface area contributed by atoms with E-state index in [9.17, 15) is 28.8 Å². The number of amides is 6. The summed E-state index contributed by atoms with van der Waals surface area (Å²) in [5, 5.41) is 10.6. The lowest BCUT2D eigenvalue weighted by Gasteiger charge is -2.38. The molecule has 12 nitrogen and oxygen atoms in total. The molecule has 0 spiro atoms. The molecule has 0 radical (unpaired) electrons. The molecule has 0 aromatic carbocycles. The Hall–Kier alpha value is -3.70. The van der Waals surface area contributed by atoms with Crippen molar-refractivity contribution in [2.75, 3.05) is 27.2 Å². The molecular weight excluding hydrogens is 552 g/mol. The molecule has 2 rings (SSSR count). The van der Waals surface area contributed by atoms with Crippen LogP contribution in [-0.2, 0) is 24.0 Å². The van der Waals surface area contributed by atoms with Crippen LogP contribution in [0.25, 0.3) is 0 Å². The highest BCUT2D eigenvalue weighted by Gasteiger charge is 2.69. The maximum atomic E-state index is 14.1. The predicted octanol–water partition coefficient (Wildman–Crippen LogP) is 1.37. The number of likely N-dealkylation sites (tertiary alicyclic amines) is 1. The quantitative estimate of drug-likeness (QED) is 0.184. The molecule has 2 aliphatic rings. The number of carbonyl (C=O) groups is 6. The molecular formula is C31H50N6O6. The van der Waals surface area contributed by atoms with Crippen molar-refractivity contribution in [1.82, 2.24) is 31.1 Å². The molecule has 1 unspecified atom stereocenters. The first-order chi connectivity index (χ1) is 19.8. The van der Waals surface area contributed by atoms with Crippen molar-refractivity contribution in [3.63, 3.8) is 0 Å². The van der Waals surface area contributed by atoms with E-state index >= 15 is 0 Å². The Morgan fingerprint density at radius 3 is 2.16 bits per heavy atom. The van der Waals surface area contributed by atoms with Crippen molar-refractivity contribution >= 4 is 35.4 Å². The monoisotopic (exact) mass is 602 g/mol. The van der Waals surface area contributed by atoms with Crippen LogP contribution in [0.4, 0.5) is 4.79 Å². The van der Waals surface area contributed by atoms with Crippen molar-refractivity contribution < 1.29 is 28.8 Å². The second-order valence-electron chi connectivity index (χ2n) is 13.5. The molecule has 1 saturated carbocycles. The molecule has 0 bridgehead atoms. The number of ketones is 1. The van der Waals surface area contributed by atoms with Gasteiger partial charge in [0.05, 0.1) is 6.04 Å². The fraction of sp³-hybridized carbons (Fsp3) is 0.677. The van der Waals surface area contributed by atoms with E-state index in [0.29, 0.717) is 18.5 Å². The molecule has 0 aromatic heterocycles. The normalized spacial score (nSPS) is 22.2.